The van der Waals surface area contributed by atoms with Crippen LogP contribution in [0.1, 0.15) is 37.4 Å². The first-order chi connectivity index (χ1) is 8.74. The Labute approximate surface area is 114 Å². The second-order valence-electron chi connectivity index (χ2n) is 4.88. The van der Waals surface area contributed by atoms with Gasteiger partial charge in [-0.2, -0.15) is 11.8 Å². The number of rotatable bonds is 6. The third-order valence-corrected chi connectivity index (χ3v) is 4.63. The Balaban J connectivity index is 2.01. The Morgan fingerprint density at radius 1 is 1.50 bits per heavy atom. The molecule has 0 fully saturated rings. The first kappa shape index (κ1) is 13.8. The summed E-state index contributed by atoms with van der Waals surface area (Å²) >= 11 is 2.00. The van der Waals surface area contributed by atoms with Crippen molar-refractivity contribution in [1.82, 2.24) is 5.32 Å². The maximum atomic E-state index is 5.33. The van der Waals surface area contributed by atoms with Gasteiger partial charge in [0.15, 0.2) is 0 Å². The van der Waals surface area contributed by atoms with Crippen molar-refractivity contribution < 1.29 is 4.74 Å². The molecule has 1 aliphatic rings. The van der Waals surface area contributed by atoms with E-state index in [1.165, 1.54) is 35.5 Å². The van der Waals surface area contributed by atoms with E-state index in [4.69, 9.17) is 4.74 Å². The van der Waals surface area contributed by atoms with Crippen molar-refractivity contribution in [3.63, 3.8) is 0 Å². The molecule has 2 unspecified atom stereocenters. The minimum Gasteiger partial charge on any atom is -0.497 e. The largest absolute Gasteiger partial charge is 0.497 e. The van der Waals surface area contributed by atoms with Crippen molar-refractivity contribution in [2.45, 2.75) is 38.8 Å². The van der Waals surface area contributed by atoms with E-state index in [0.717, 1.165) is 5.75 Å². The van der Waals surface area contributed by atoms with E-state index in [-0.39, 0.29) is 0 Å². The Morgan fingerprint density at radius 3 is 3.06 bits per heavy atom. The maximum absolute atomic E-state index is 5.33. The molecule has 1 aromatic carbocycles. The summed E-state index contributed by atoms with van der Waals surface area (Å²) in [7, 11) is 1.74. The highest BCUT2D eigenvalue weighted by molar-refractivity contribution is 7.99. The van der Waals surface area contributed by atoms with Gasteiger partial charge in [0, 0.05) is 17.8 Å². The van der Waals surface area contributed by atoms with Crippen LogP contribution in [0.25, 0.3) is 0 Å². The number of benzene rings is 1. The number of thioether (sulfide) groups is 1. The summed E-state index contributed by atoms with van der Waals surface area (Å²) in [6.45, 7) is 4.49. The number of ether oxygens (including phenoxy) is 1. The van der Waals surface area contributed by atoms with Gasteiger partial charge in [-0.1, -0.05) is 13.0 Å². The molecule has 3 heteroatoms. The average molecular weight is 265 g/mol. The van der Waals surface area contributed by atoms with E-state index >= 15 is 0 Å². The molecule has 0 saturated heterocycles. The lowest BCUT2D eigenvalue weighted by atomic mass is 10.1. The van der Waals surface area contributed by atoms with Crippen molar-refractivity contribution >= 4 is 11.8 Å². The van der Waals surface area contributed by atoms with Crippen LogP contribution in [0.3, 0.4) is 0 Å². The van der Waals surface area contributed by atoms with Crippen molar-refractivity contribution in [2.75, 3.05) is 18.6 Å². The van der Waals surface area contributed by atoms with Crippen LogP contribution in [0.4, 0.5) is 0 Å². The highest BCUT2D eigenvalue weighted by Crippen LogP contribution is 2.34. The van der Waals surface area contributed by atoms with Crippen molar-refractivity contribution in [2.24, 2.45) is 0 Å². The first-order valence-electron chi connectivity index (χ1n) is 6.75. The molecule has 1 aliphatic carbocycles. The molecule has 2 atom stereocenters. The smallest absolute Gasteiger partial charge is 0.119 e. The summed E-state index contributed by atoms with van der Waals surface area (Å²) in [5.74, 6) is 3.35. The monoisotopic (exact) mass is 265 g/mol. The molecule has 0 saturated carbocycles. The molecule has 0 spiro atoms. The number of aryl methyl sites for hydroxylation is 1. The van der Waals surface area contributed by atoms with Gasteiger partial charge in [0.05, 0.1) is 7.11 Å². The molecular weight excluding hydrogens is 242 g/mol. The second kappa shape index (κ2) is 6.48. The standard InChI is InChI=1S/C15H23NOS/c1-4-18-10-11(2)16-15-8-6-12-5-7-13(17-3)9-14(12)15/h5,7,9,11,15-16H,4,6,8,10H2,1-3H3. The zero-order chi connectivity index (χ0) is 13.0. The third-order valence-electron chi connectivity index (χ3n) is 3.49. The quantitative estimate of drug-likeness (QED) is 0.851. The number of methoxy groups -OCH3 is 1. The van der Waals surface area contributed by atoms with Crippen LogP contribution >= 0.6 is 11.8 Å². The Bertz CT molecular complexity index is 394. The molecule has 0 radical (unpaired) electrons. The third kappa shape index (κ3) is 3.21. The zero-order valence-electron chi connectivity index (χ0n) is 11.5. The summed E-state index contributed by atoms with van der Waals surface area (Å²) in [6.07, 6.45) is 2.40. The molecule has 0 aliphatic heterocycles. The molecule has 1 N–H and O–H groups in total. The van der Waals surface area contributed by atoms with Gasteiger partial charge in [0.2, 0.25) is 0 Å². The Morgan fingerprint density at radius 2 is 2.33 bits per heavy atom. The molecule has 0 heterocycles. The molecule has 1 aromatic rings. The van der Waals surface area contributed by atoms with Gasteiger partial charge in [-0.3, -0.25) is 0 Å². The summed E-state index contributed by atoms with van der Waals surface area (Å²) in [4.78, 5) is 0. The van der Waals surface area contributed by atoms with E-state index < -0.39 is 0 Å². The minimum atomic E-state index is 0.502. The number of hydrogen-bond donors (Lipinski definition) is 1. The predicted molar refractivity (Wildman–Crippen MR) is 79.7 cm³/mol. The van der Waals surface area contributed by atoms with Crippen LogP contribution in [-0.4, -0.2) is 24.7 Å². The molecule has 0 aromatic heterocycles. The van der Waals surface area contributed by atoms with E-state index in [1.807, 2.05) is 11.8 Å². The summed E-state index contributed by atoms with van der Waals surface area (Å²) < 4.78 is 5.33. The van der Waals surface area contributed by atoms with Gasteiger partial charge < -0.3 is 10.1 Å². The lowest BCUT2D eigenvalue weighted by Gasteiger charge is -2.20. The van der Waals surface area contributed by atoms with Crippen LogP contribution in [0.15, 0.2) is 18.2 Å². The normalized spacial score (nSPS) is 19.6. The van der Waals surface area contributed by atoms with Gasteiger partial charge in [-0.25, -0.2) is 0 Å². The number of nitrogens with one attached hydrogen (secondary N) is 1. The van der Waals surface area contributed by atoms with Crippen LogP contribution in [-0.2, 0) is 6.42 Å². The minimum absolute atomic E-state index is 0.502. The molecule has 2 nitrogen and oxygen atoms in total. The average Bonchev–Trinajstić information content (AvgIpc) is 2.78. The molecule has 18 heavy (non-hydrogen) atoms. The first-order valence-corrected chi connectivity index (χ1v) is 7.90. The van der Waals surface area contributed by atoms with Crippen LogP contribution < -0.4 is 10.1 Å². The highest BCUT2D eigenvalue weighted by Gasteiger charge is 2.23. The van der Waals surface area contributed by atoms with Gasteiger partial charge in [-0.15, -0.1) is 0 Å². The zero-order valence-corrected chi connectivity index (χ0v) is 12.3. The van der Waals surface area contributed by atoms with Crippen LogP contribution in [0, 0.1) is 0 Å². The lowest BCUT2D eigenvalue weighted by molar-refractivity contribution is 0.412. The highest BCUT2D eigenvalue weighted by atomic mass is 32.2. The van der Waals surface area contributed by atoms with Gasteiger partial charge in [-0.05, 0) is 48.8 Å². The fraction of sp³-hybridized carbons (Fsp3) is 0.600. The van der Waals surface area contributed by atoms with E-state index in [0.29, 0.717) is 12.1 Å². The van der Waals surface area contributed by atoms with Crippen molar-refractivity contribution in [1.29, 1.82) is 0 Å². The van der Waals surface area contributed by atoms with Gasteiger partial charge >= 0.3 is 0 Å². The van der Waals surface area contributed by atoms with Crippen LogP contribution in [0.5, 0.6) is 5.75 Å². The predicted octanol–water partition coefficient (Wildman–Crippen LogP) is 3.41. The van der Waals surface area contributed by atoms with E-state index in [2.05, 4.69) is 37.4 Å². The van der Waals surface area contributed by atoms with Crippen molar-refractivity contribution in [3.8, 4) is 5.75 Å². The van der Waals surface area contributed by atoms with E-state index in [9.17, 15) is 0 Å². The Kier molecular flexibility index (Phi) is 4.95. The second-order valence-corrected chi connectivity index (χ2v) is 6.20. The molecule has 0 bridgehead atoms. The topological polar surface area (TPSA) is 21.3 Å². The molecule has 2 rings (SSSR count). The SMILES string of the molecule is CCSCC(C)NC1CCc2ccc(OC)cc21. The van der Waals surface area contributed by atoms with Gasteiger partial charge in [0.1, 0.15) is 5.75 Å². The lowest BCUT2D eigenvalue weighted by Crippen LogP contribution is -2.31. The summed E-state index contributed by atoms with van der Waals surface area (Å²) in [6, 6.07) is 7.54. The fourth-order valence-electron chi connectivity index (χ4n) is 2.57. The molecule has 0 amide bonds. The summed E-state index contributed by atoms with van der Waals surface area (Å²) in [5, 5.41) is 3.74. The fourth-order valence-corrected chi connectivity index (χ4v) is 3.25. The molecular formula is C15H23NOS. The summed E-state index contributed by atoms with van der Waals surface area (Å²) in [5.41, 5.74) is 2.91. The van der Waals surface area contributed by atoms with Crippen molar-refractivity contribution in [3.05, 3.63) is 29.3 Å². The van der Waals surface area contributed by atoms with Crippen LogP contribution in [0.2, 0.25) is 0 Å². The Hall–Kier alpha value is -0.670. The maximum Gasteiger partial charge on any atom is 0.119 e. The van der Waals surface area contributed by atoms with E-state index in [1.54, 1.807) is 7.11 Å². The molecule has 100 valence electrons. The number of fused-ring (bicyclic) bond motifs is 1. The number of hydrogen-bond acceptors (Lipinski definition) is 3. The van der Waals surface area contributed by atoms with Gasteiger partial charge in [0.25, 0.3) is 0 Å².